The minimum absolute atomic E-state index is 0.168. The molecule has 1 heterocycles. The van der Waals surface area contributed by atoms with Crippen molar-refractivity contribution in [2.24, 2.45) is 0 Å². The first-order chi connectivity index (χ1) is 13.8. The molecule has 1 aromatic carbocycles. The summed E-state index contributed by atoms with van der Waals surface area (Å²) in [5.41, 5.74) is 0.986. The van der Waals surface area contributed by atoms with Crippen LogP contribution in [-0.2, 0) is 10.0 Å². The zero-order valence-electron chi connectivity index (χ0n) is 18.4. The number of halogens is 1. The molecule has 162 valence electrons. The number of rotatable bonds is 12. The molecule has 0 N–H and O–H groups in total. The van der Waals surface area contributed by atoms with E-state index in [1.807, 2.05) is 6.92 Å². The van der Waals surface area contributed by atoms with Crippen LogP contribution in [0.15, 0.2) is 41.3 Å². The van der Waals surface area contributed by atoms with Crippen molar-refractivity contribution >= 4 is 32.1 Å². The summed E-state index contributed by atoms with van der Waals surface area (Å²) in [6.07, 6.45) is 6.56. The Hall–Kier alpha value is -0.821. The van der Waals surface area contributed by atoms with Gasteiger partial charge in [-0.15, -0.1) is 0 Å². The molecule has 6 heteroatoms. The molecule has 0 bridgehead atoms. The van der Waals surface area contributed by atoms with E-state index in [4.69, 9.17) is 0 Å². The van der Waals surface area contributed by atoms with Crippen LogP contribution < -0.4 is 3.71 Å². The van der Waals surface area contributed by atoms with Gasteiger partial charge in [-0.2, -0.15) is 0 Å². The minimum atomic E-state index is -3.94. The third kappa shape index (κ3) is 5.66. The Morgan fingerprint density at radius 3 is 1.76 bits per heavy atom. The van der Waals surface area contributed by atoms with E-state index < -0.39 is 34.3 Å². The van der Waals surface area contributed by atoms with Crippen LogP contribution >= 0.6 is 0 Å². The van der Waals surface area contributed by atoms with Gasteiger partial charge in [-0.1, -0.05) is 0 Å². The second-order valence-corrected chi connectivity index (χ2v) is 23.1. The van der Waals surface area contributed by atoms with E-state index in [2.05, 4.69) is 20.8 Å². The van der Waals surface area contributed by atoms with E-state index in [9.17, 15) is 12.8 Å². The number of aryl methyl sites for hydroxylation is 1. The SMILES string of the molecule is CCC[CH2][Sn]([CH2]CCC)([CH2]CCC)[c]1ccc(F)n1S(=O)(=O)c1ccc(C)cc1. The number of unbranched alkanes of at least 4 members (excludes halogenated alkanes) is 3. The summed E-state index contributed by atoms with van der Waals surface area (Å²) < 4.78 is 47.1. The molecule has 0 unspecified atom stereocenters. The van der Waals surface area contributed by atoms with E-state index in [-0.39, 0.29) is 4.90 Å². The molecule has 0 aliphatic rings. The summed E-state index contributed by atoms with van der Waals surface area (Å²) in [4.78, 5) is 0.168. The van der Waals surface area contributed by atoms with Gasteiger partial charge >= 0.3 is 181 Å². The maximum atomic E-state index is 15.0. The Morgan fingerprint density at radius 2 is 1.31 bits per heavy atom. The first kappa shape index (κ1) is 24.4. The van der Waals surface area contributed by atoms with Gasteiger partial charge in [-0.25, -0.2) is 0 Å². The van der Waals surface area contributed by atoms with Crippen molar-refractivity contribution in [2.75, 3.05) is 0 Å². The van der Waals surface area contributed by atoms with Crippen molar-refractivity contribution in [1.29, 1.82) is 0 Å². The topological polar surface area (TPSA) is 39.1 Å². The van der Waals surface area contributed by atoms with Gasteiger partial charge in [-0.05, 0) is 0 Å². The van der Waals surface area contributed by atoms with Gasteiger partial charge in [-0.3, -0.25) is 0 Å². The second-order valence-electron chi connectivity index (χ2n) is 8.21. The summed E-state index contributed by atoms with van der Waals surface area (Å²) in [5, 5.41) is 0. The number of nitrogens with zero attached hydrogens (tertiary/aromatic N) is 1. The fourth-order valence-electron chi connectivity index (χ4n) is 4.15. The van der Waals surface area contributed by atoms with E-state index in [1.54, 1.807) is 30.3 Å². The van der Waals surface area contributed by atoms with Crippen molar-refractivity contribution in [3.63, 3.8) is 0 Å². The van der Waals surface area contributed by atoms with Crippen molar-refractivity contribution < 1.29 is 12.8 Å². The van der Waals surface area contributed by atoms with Gasteiger partial charge < -0.3 is 0 Å². The van der Waals surface area contributed by atoms with Crippen molar-refractivity contribution in [3.05, 3.63) is 47.9 Å². The quantitative estimate of drug-likeness (QED) is 0.307. The van der Waals surface area contributed by atoms with Gasteiger partial charge in [0, 0.05) is 0 Å². The molecule has 0 saturated carbocycles. The van der Waals surface area contributed by atoms with E-state index >= 15 is 0 Å². The molecular weight excluding hydrogens is 492 g/mol. The Balaban J connectivity index is 2.64. The summed E-state index contributed by atoms with van der Waals surface area (Å²) in [6, 6.07) is 9.91. The number of benzene rings is 1. The molecule has 0 fully saturated rings. The van der Waals surface area contributed by atoms with Crippen LogP contribution in [0.1, 0.15) is 64.9 Å². The summed E-state index contributed by atoms with van der Waals surface area (Å²) >= 11 is -3.12. The first-order valence-electron chi connectivity index (χ1n) is 11.0. The summed E-state index contributed by atoms with van der Waals surface area (Å²) in [6.45, 7) is 8.45. The van der Waals surface area contributed by atoms with Gasteiger partial charge in [0.15, 0.2) is 0 Å². The fraction of sp³-hybridized carbons (Fsp3) is 0.565. The number of hydrogen-bond donors (Lipinski definition) is 0. The third-order valence-corrected chi connectivity index (χ3v) is 23.5. The molecule has 0 aliphatic heterocycles. The normalized spacial score (nSPS) is 12.4. The average molecular weight is 528 g/mol. The predicted molar refractivity (Wildman–Crippen MR) is 123 cm³/mol. The van der Waals surface area contributed by atoms with Crippen molar-refractivity contribution in [1.82, 2.24) is 3.97 Å². The average Bonchev–Trinajstić information content (AvgIpc) is 3.11. The molecule has 0 amide bonds. The number of aromatic nitrogens is 1. The Bertz CT molecular complexity index is 853. The molecular formula is C23H36FNO2SSn. The van der Waals surface area contributed by atoms with Crippen molar-refractivity contribution in [3.8, 4) is 0 Å². The molecule has 0 radical (unpaired) electrons. The van der Waals surface area contributed by atoms with Crippen LogP contribution in [0, 0.1) is 12.9 Å². The molecule has 0 aliphatic carbocycles. The standard InChI is InChI=1S/C11H9FNO2S.3C4H9.Sn/c1-9-4-6-10(7-5-9)16(14,15)13-8-2-3-11(13)12;3*1-3-4-2;/h2-7H,1H3;3*1,3-4H2,2H3;. The van der Waals surface area contributed by atoms with Gasteiger partial charge in [0.05, 0.1) is 0 Å². The first-order valence-corrected chi connectivity index (χ1v) is 19.9. The molecule has 2 aromatic rings. The zero-order valence-corrected chi connectivity index (χ0v) is 22.0. The monoisotopic (exact) mass is 529 g/mol. The fourth-order valence-corrected chi connectivity index (χ4v) is 23.7. The predicted octanol–water partition coefficient (Wildman–Crippen LogP) is 6.23. The maximum absolute atomic E-state index is 15.0. The Morgan fingerprint density at radius 1 is 0.828 bits per heavy atom. The number of hydrogen-bond acceptors (Lipinski definition) is 2. The molecule has 3 nitrogen and oxygen atoms in total. The molecule has 2 rings (SSSR count). The van der Waals surface area contributed by atoms with Crippen LogP contribution in [0.5, 0.6) is 0 Å². The van der Waals surface area contributed by atoms with Crippen LogP contribution in [-0.4, -0.2) is 30.8 Å². The van der Waals surface area contributed by atoms with E-state index in [0.29, 0.717) is 0 Å². The summed E-state index contributed by atoms with van der Waals surface area (Å²) in [5.74, 6) is -0.647. The molecule has 0 spiro atoms. The van der Waals surface area contributed by atoms with Crippen LogP contribution in [0.2, 0.25) is 13.3 Å². The van der Waals surface area contributed by atoms with Crippen LogP contribution in [0.3, 0.4) is 0 Å². The van der Waals surface area contributed by atoms with Gasteiger partial charge in [0.25, 0.3) is 0 Å². The molecule has 1 aromatic heterocycles. The summed E-state index contributed by atoms with van der Waals surface area (Å²) in [7, 11) is -3.94. The zero-order chi connectivity index (χ0) is 21.5. The molecule has 0 atom stereocenters. The molecule has 0 saturated heterocycles. The Kier molecular flexibility index (Phi) is 9.26. The van der Waals surface area contributed by atoms with E-state index in [1.165, 1.54) is 6.07 Å². The Labute approximate surface area is 180 Å². The van der Waals surface area contributed by atoms with Gasteiger partial charge in [0.1, 0.15) is 0 Å². The van der Waals surface area contributed by atoms with E-state index in [0.717, 1.165) is 65.1 Å². The molecule has 29 heavy (non-hydrogen) atoms. The van der Waals surface area contributed by atoms with Crippen molar-refractivity contribution in [2.45, 2.75) is 84.4 Å². The van der Waals surface area contributed by atoms with Gasteiger partial charge in [0.2, 0.25) is 0 Å². The van der Waals surface area contributed by atoms with Crippen LogP contribution in [0.4, 0.5) is 4.39 Å². The second kappa shape index (κ2) is 11.0. The van der Waals surface area contributed by atoms with Crippen LogP contribution in [0.25, 0.3) is 0 Å². The third-order valence-electron chi connectivity index (χ3n) is 5.92.